The highest BCUT2D eigenvalue weighted by Gasteiger charge is 2.38. The first-order valence-corrected chi connectivity index (χ1v) is 10.8. The number of hydrogen-bond donors (Lipinski definition) is 0. The van der Waals surface area contributed by atoms with E-state index in [0.717, 1.165) is 40.5 Å². The largest absolute Gasteiger partial charge is 0.268 e. The standard InChI is InChI=1S/C24H26N2OS/c1-5-24(4)15-17-11-9-10-14-19(17)21-20(24)22(27)26(18-12-7-6-8-13-18)23(25-21)28-16(2)3/h6-14,16H,5,15H2,1-4H3/t24-/m0/s1. The van der Waals surface area contributed by atoms with Crippen LogP contribution >= 0.6 is 11.8 Å². The summed E-state index contributed by atoms with van der Waals surface area (Å²) in [6, 6.07) is 18.3. The first-order chi connectivity index (χ1) is 13.4. The maximum Gasteiger partial charge on any atom is 0.263 e. The van der Waals surface area contributed by atoms with E-state index in [0.29, 0.717) is 5.25 Å². The molecule has 0 amide bonds. The lowest BCUT2D eigenvalue weighted by Gasteiger charge is -2.36. The maximum absolute atomic E-state index is 13.9. The summed E-state index contributed by atoms with van der Waals surface area (Å²) in [5.74, 6) is 0. The Balaban J connectivity index is 2.09. The highest BCUT2D eigenvalue weighted by molar-refractivity contribution is 7.99. The van der Waals surface area contributed by atoms with Gasteiger partial charge in [0.2, 0.25) is 0 Å². The van der Waals surface area contributed by atoms with Crippen molar-refractivity contribution in [1.82, 2.24) is 9.55 Å². The third-order valence-electron chi connectivity index (χ3n) is 5.64. The number of hydrogen-bond acceptors (Lipinski definition) is 3. The van der Waals surface area contributed by atoms with E-state index in [1.54, 1.807) is 11.8 Å². The van der Waals surface area contributed by atoms with Gasteiger partial charge in [0.1, 0.15) is 0 Å². The van der Waals surface area contributed by atoms with Crippen LogP contribution in [0.4, 0.5) is 0 Å². The maximum atomic E-state index is 13.9. The van der Waals surface area contributed by atoms with Gasteiger partial charge in [-0.25, -0.2) is 4.98 Å². The Morgan fingerprint density at radius 2 is 1.79 bits per heavy atom. The van der Waals surface area contributed by atoms with Crippen molar-refractivity contribution in [1.29, 1.82) is 0 Å². The topological polar surface area (TPSA) is 34.9 Å². The molecule has 0 saturated carbocycles. The van der Waals surface area contributed by atoms with Crippen molar-refractivity contribution >= 4 is 11.8 Å². The lowest BCUT2D eigenvalue weighted by molar-refractivity contribution is 0.435. The van der Waals surface area contributed by atoms with E-state index in [1.807, 2.05) is 41.0 Å². The quantitative estimate of drug-likeness (QED) is 0.428. The van der Waals surface area contributed by atoms with Crippen molar-refractivity contribution in [2.24, 2.45) is 0 Å². The van der Waals surface area contributed by atoms with Crippen molar-refractivity contribution in [3.05, 3.63) is 76.1 Å². The van der Waals surface area contributed by atoms with Crippen molar-refractivity contribution in [2.45, 2.75) is 56.4 Å². The number of para-hydroxylation sites is 1. The van der Waals surface area contributed by atoms with Crippen LogP contribution in [0.25, 0.3) is 16.9 Å². The number of thioether (sulfide) groups is 1. The Morgan fingerprint density at radius 3 is 2.46 bits per heavy atom. The summed E-state index contributed by atoms with van der Waals surface area (Å²) < 4.78 is 1.81. The first-order valence-electron chi connectivity index (χ1n) is 9.92. The summed E-state index contributed by atoms with van der Waals surface area (Å²) in [4.78, 5) is 19.0. The molecule has 1 aliphatic carbocycles. The second-order valence-corrected chi connectivity index (χ2v) is 9.55. The molecule has 0 unspecified atom stereocenters. The van der Waals surface area contributed by atoms with E-state index in [9.17, 15) is 4.79 Å². The molecule has 1 aromatic heterocycles. The Labute approximate surface area is 170 Å². The molecule has 1 atom stereocenters. The molecule has 0 aliphatic heterocycles. The highest BCUT2D eigenvalue weighted by atomic mass is 32.2. The van der Waals surface area contributed by atoms with Crippen molar-refractivity contribution < 1.29 is 0 Å². The zero-order valence-corrected chi connectivity index (χ0v) is 17.7. The van der Waals surface area contributed by atoms with Crippen LogP contribution in [0.2, 0.25) is 0 Å². The Morgan fingerprint density at radius 1 is 1.11 bits per heavy atom. The zero-order valence-electron chi connectivity index (χ0n) is 16.9. The predicted octanol–water partition coefficient (Wildman–Crippen LogP) is 5.62. The molecule has 4 rings (SSSR count). The minimum absolute atomic E-state index is 0.0678. The summed E-state index contributed by atoms with van der Waals surface area (Å²) in [6.07, 6.45) is 1.77. The summed E-state index contributed by atoms with van der Waals surface area (Å²) in [5.41, 5.74) is 4.83. The molecule has 0 saturated heterocycles. The third kappa shape index (κ3) is 3.10. The molecular formula is C24H26N2OS. The number of aromatic nitrogens is 2. The average molecular weight is 391 g/mol. The molecule has 1 aliphatic rings. The van der Waals surface area contributed by atoms with Crippen LogP contribution in [0.3, 0.4) is 0 Å². The van der Waals surface area contributed by atoms with Gasteiger partial charge in [0.05, 0.1) is 16.9 Å². The lowest BCUT2D eigenvalue weighted by atomic mass is 9.69. The predicted molar refractivity (Wildman–Crippen MR) is 118 cm³/mol. The van der Waals surface area contributed by atoms with Crippen LogP contribution in [-0.2, 0) is 11.8 Å². The number of fused-ring (bicyclic) bond motifs is 3. The third-order valence-corrected chi connectivity index (χ3v) is 6.60. The smallest absolute Gasteiger partial charge is 0.263 e. The summed E-state index contributed by atoms with van der Waals surface area (Å²) in [5, 5.41) is 1.09. The van der Waals surface area contributed by atoms with E-state index >= 15 is 0 Å². The van der Waals surface area contributed by atoms with Crippen molar-refractivity contribution in [3.8, 4) is 16.9 Å². The fraction of sp³-hybridized carbons (Fsp3) is 0.333. The number of benzene rings is 2. The molecule has 0 fully saturated rings. The van der Waals surface area contributed by atoms with E-state index < -0.39 is 0 Å². The fourth-order valence-electron chi connectivity index (χ4n) is 4.05. The number of nitrogens with zero attached hydrogens (tertiary/aromatic N) is 2. The van der Waals surface area contributed by atoms with Gasteiger partial charge in [0.25, 0.3) is 5.56 Å². The van der Waals surface area contributed by atoms with Crippen LogP contribution in [0, 0.1) is 0 Å². The van der Waals surface area contributed by atoms with E-state index in [4.69, 9.17) is 4.98 Å². The second-order valence-electron chi connectivity index (χ2n) is 8.01. The molecule has 144 valence electrons. The molecule has 1 heterocycles. The van der Waals surface area contributed by atoms with E-state index in [1.165, 1.54) is 5.56 Å². The Hall–Kier alpha value is -2.33. The summed E-state index contributed by atoms with van der Waals surface area (Å²) in [7, 11) is 0. The van der Waals surface area contributed by atoms with Crippen LogP contribution in [-0.4, -0.2) is 14.8 Å². The van der Waals surface area contributed by atoms with Crippen LogP contribution in [0.15, 0.2) is 64.5 Å². The molecule has 0 radical (unpaired) electrons. The monoisotopic (exact) mass is 390 g/mol. The van der Waals surface area contributed by atoms with Gasteiger partial charge in [-0.05, 0) is 30.5 Å². The molecule has 4 heteroatoms. The molecule has 3 aromatic rings. The highest BCUT2D eigenvalue weighted by Crippen LogP contribution is 2.43. The Kier molecular flexibility index (Phi) is 4.92. The zero-order chi connectivity index (χ0) is 19.9. The molecule has 0 spiro atoms. The van der Waals surface area contributed by atoms with Crippen molar-refractivity contribution in [3.63, 3.8) is 0 Å². The minimum Gasteiger partial charge on any atom is -0.268 e. The van der Waals surface area contributed by atoms with Gasteiger partial charge in [0.15, 0.2) is 5.16 Å². The SMILES string of the molecule is CC[C@@]1(C)Cc2ccccc2-c2nc(SC(C)C)n(-c3ccccc3)c(=O)c21. The van der Waals surface area contributed by atoms with Gasteiger partial charge in [-0.2, -0.15) is 0 Å². The van der Waals surface area contributed by atoms with Gasteiger partial charge in [-0.3, -0.25) is 9.36 Å². The molecular weight excluding hydrogens is 364 g/mol. The molecule has 0 N–H and O–H groups in total. The van der Waals surface area contributed by atoms with Crippen LogP contribution in [0.5, 0.6) is 0 Å². The molecule has 3 nitrogen and oxygen atoms in total. The second kappa shape index (κ2) is 7.25. The Bertz CT molecular complexity index is 1070. The summed E-state index contributed by atoms with van der Waals surface area (Å²) in [6.45, 7) is 8.64. The van der Waals surface area contributed by atoms with E-state index in [-0.39, 0.29) is 11.0 Å². The van der Waals surface area contributed by atoms with Gasteiger partial charge in [-0.1, -0.05) is 81.9 Å². The van der Waals surface area contributed by atoms with Gasteiger partial charge >= 0.3 is 0 Å². The van der Waals surface area contributed by atoms with Gasteiger partial charge < -0.3 is 0 Å². The molecule has 0 bridgehead atoms. The van der Waals surface area contributed by atoms with Crippen molar-refractivity contribution in [2.75, 3.05) is 0 Å². The molecule has 2 aromatic carbocycles. The van der Waals surface area contributed by atoms with Crippen LogP contribution in [0.1, 0.15) is 45.2 Å². The first kappa shape index (κ1) is 19.0. The van der Waals surface area contributed by atoms with Gasteiger partial charge in [0, 0.05) is 16.2 Å². The van der Waals surface area contributed by atoms with E-state index in [2.05, 4.69) is 45.9 Å². The minimum atomic E-state index is -0.217. The van der Waals surface area contributed by atoms with Crippen LogP contribution < -0.4 is 5.56 Å². The fourth-order valence-corrected chi connectivity index (χ4v) is 4.91. The number of rotatable bonds is 4. The van der Waals surface area contributed by atoms with Gasteiger partial charge in [-0.15, -0.1) is 0 Å². The normalized spacial score (nSPS) is 18.0. The lowest BCUT2D eigenvalue weighted by Crippen LogP contribution is -2.39. The average Bonchev–Trinajstić information content (AvgIpc) is 2.68. The molecule has 28 heavy (non-hydrogen) atoms. The summed E-state index contributed by atoms with van der Waals surface area (Å²) >= 11 is 1.64.